The largest absolute Gasteiger partial charge is 0.481 e. The Balaban J connectivity index is 1.49. The number of Topliss-reactive ketones (excluding diaryl/α,β-unsaturated/α-hetero) is 1. The Morgan fingerprint density at radius 1 is 1.12 bits per heavy atom. The average Bonchev–Trinajstić information content (AvgIpc) is 3.54. The van der Waals surface area contributed by atoms with Gasteiger partial charge in [-0.05, 0) is 60.7 Å². The van der Waals surface area contributed by atoms with Gasteiger partial charge in [0, 0.05) is 41.0 Å². The zero-order chi connectivity index (χ0) is 23.5. The number of carboxylic acid groups (broad SMARTS) is 1. The number of carboxylic acids is 1. The molecular formula is C26H27ClN2O4. The minimum Gasteiger partial charge on any atom is -0.481 e. The third-order valence-corrected chi connectivity index (χ3v) is 6.50. The lowest BCUT2D eigenvalue weighted by molar-refractivity contribution is -0.136. The van der Waals surface area contributed by atoms with Crippen LogP contribution in [0.2, 0.25) is 5.02 Å². The number of fused-ring (bicyclic) bond motifs is 1. The summed E-state index contributed by atoms with van der Waals surface area (Å²) in [5.74, 6) is -0.658. The van der Waals surface area contributed by atoms with Crippen LogP contribution in [0.3, 0.4) is 0 Å². The molecule has 0 bridgehead atoms. The Bertz CT molecular complexity index is 1190. The molecule has 1 fully saturated rings. The van der Waals surface area contributed by atoms with Gasteiger partial charge < -0.3 is 15.0 Å². The number of carbonyl (C=O) groups is 3. The molecule has 1 amide bonds. The highest BCUT2D eigenvalue weighted by Gasteiger charge is 2.31. The second-order valence-electron chi connectivity index (χ2n) is 8.83. The van der Waals surface area contributed by atoms with Gasteiger partial charge in [0.05, 0.1) is 12.1 Å². The van der Waals surface area contributed by atoms with Crippen molar-refractivity contribution < 1.29 is 19.5 Å². The van der Waals surface area contributed by atoms with Gasteiger partial charge in [-0.3, -0.25) is 14.4 Å². The number of ketones is 1. The fourth-order valence-electron chi connectivity index (χ4n) is 4.27. The van der Waals surface area contributed by atoms with Crippen LogP contribution in [0.15, 0.2) is 48.5 Å². The summed E-state index contributed by atoms with van der Waals surface area (Å²) in [6.45, 7) is 0.0874. The highest BCUT2D eigenvalue weighted by Crippen LogP contribution is 2.38. The van der Waals surface area contributed by atoms with Crippen molar-refractivity contribution in [2.45, 2.75) is 32.1 Å². The molecule has 6 nitrogen and oxygen atoms in total. The molecule has 1 aliphatic rings. The van der Waals surface area contributed by atoms with Crippen LogP contribution in [0.1, 0.15) is 52.1 Å². The summed E-state index contributed by atoms with van der Waals surface area (Å²) in [7, 11) is 1.91. The number of halogens is 1. The third kappa shape index (κ3) is 5.63. The molecule has 2 aromatic carbocycles. The number of rotatable bonds is 10. The zero-order valence-corrected chi connectivity index (χ0v) is 19.3. The molecule has 0 radical (unpaired) electrons. The quantitative estimate of drug-likeness (QED) is 0.417. The minimum atomic E-state index is -0.953. The van der Waals surface area contributed by atoms with Crippen molar-refractivity contribution in [3.63, 3.8) is 0 Å². The molecule has 1 atom stereocenters. The average molecular weight is 467 g/mol. The topological polar surface area (TPSA) is 88.4 Å². The fourth-order valence-corrected chi connectivity index (χ4v) is 4.45. The molecule has 1 saturated carbocycles. The third-order valence-electron chi connectivity index (χ3n) is 6.27. The number of nitrogens with one attached hydrogen (secondary N) is 1. The summed E-state index contributed by atoms with van der Waals surface area (Å²) in [5, 5.41) is 12.9. The van der Waals surface area contributed by atoms with Crippen molar-refractivity contribution in [2.24, 2.45) is 18.9 Å². The summed E-state index contributed by atoms with van der Waals surface area (Å²) < 4.78 is 1.94. The second-order valence-corrected chi connectivity index (χ2v) is 9.27. The van der Waals surface area contributed by atoms with Crippen LogP contribution in [0.5, 0.6) is 0 Å². The molecule has 0 spiro atoms. The van der Waals surface area contributed by atoms with Gasteiger partial charge in [-0.15, -0.1) is 0 Å². The number of hydrogen-bond donors (Lipinski definition) is 2. The van der Waals surface area contributed by atoms with Gasteiger partial charge in [0.2, 0.25) is 0 Å². The van der Waals surface area contributed by atoms with E-state index in [4.69, 9.17) is 16.7 Å². The summed E-state index contributed by atoms with van der Waals surface area (Å²) in [6.07, 6.45) is 3.69. The van der Waals surface area contributed by atoms with E-state index in [0.717, 1.165) is 22.9 Å². The van der Waals surface area contributed by atoms with Gasteiger partial charge in [-0.25, -0.2) is 0 Å². The van der Waals surface area contributed by atoms with Crippen LogP contribution in [-0.4, -0.2) is 33.9 Å². The number of benzene rings is 2. The first-order valence-electron chi connectivity index (χ1n) is 11.2. The summed E-state index contributed by atoms with van der Waals surface area (Å²) >= 11 is 6.13. The number of hydrogen-bond acceptors (Lipinski definition) is 3. The van der Waals surface area contributed by atoms with E-state index in [-0.39, 0.29) is 30.6 Å². The number of aliphatic carboxylic acids is 1. The van der Waals surface area contributed by atoms with Gasteiger partial charge in [0.15, 0.2) is 5.78 Å². The fraction of sp³-hybridized carbons (Fsp3) is 0.346. The number of carbonyl (C=O) groups excluding carboxylic acids is 2. The zero-order valence-electron chi connectivity index (χ0n) is 18.5. The van der Waals surface area contributed by atoms with Crippen molar-refractivity contribution in [3.8, 4) is 0 Å². The van der Waals surface area contributed by atoms with Crippen molar-refractivity contribution in [3.05, 3.63) is 70.4 Å². The lowest BCUT2D eigenvalue weighted by atomic mass is 9.88. The first-order valence-corrected chi connectivity index (χ1v) is 11.6. The molecule has 1 unspecified atom stereocenters. The highest BCUT2D eigenvalue weighted by molar-refractivity contribution is 6.31. The van der Waals surface area contributed by atoms with Crippen molar-refractivity contribution in [1.29, 1.82) is 0 Å². The molecule has 33 heavy (non-hydrogen) atoms. The van der Waals surface area contributed by atoms with Crippen molar-refractivity contribution in [2.75, 3.05) is 6.54 Å². The molecule has 172 valence electrons. The normalized spacial score (nSPS) is 14.2. The van der Waals surface area contributed by atoms with E-state index in [0.29, 0.717) is 28.6 Å². The van der Waals surface area contributed by atoms with Crippen molar-refractivity contribution in [1.82, 2.24) is 9.88 Å². The molecule has 3 aromatic rings. The van der Waals surface area contributed by atoms with Crippen LogP contribution in [0.4, 0.5) is 0 Å². The van der Waals surface area contributed by atoms with E-state index in [1.807, 2.05) is 48.0 Å². The Morgan fingerprint density at radius 2 is 1.85 bits per heavy atom. The maximum absolute atomic E-state index is 13.6. The van der Waals surface area contributed by atoms with Crippen LogP contribution in [0.25, 0.3) is 10.9 Å². The van der Waals surface area contributed by atoms with E-state index >= 15 is 0 Å². The van der Waals surface area contributed by atoms with Gasteiger partial charge in [-0.1, -0.05) is 36.6 Å². The van der Waals surface area contributed by atoms with Crippen LogP contribution in [0, 0.1) is 11.8 Å². The molecule has 2 N–H and O–H groups in total. The molecular weight excluding hydrogens is 440 g/mol. The van der Waals surface area contributed by atoms with E-state index in [1.54, 1.807) is 12.1 Å². The van der Waals surface area contributed by atoms with Crippen molar-refractivity contribution >= 4 is 40.2 Å². The van der Waals surface area contributed by atoms with E-state index in [1.165, 1.54) is 12.8 Å². The Hall–Kier alpha value is -3.12. The van der Waals surface area contributed by atoms with Crippen LogP contribution in [-0.2, 0) is 18.3 Å². The summed E-state index contributed by atoms with van der Waals surface area (Å²) in [4.78, 5) is 36.4. The SMILES string of the molecule is Cn1c(C(=O)C(Cc2ccc(C(=O)NCCC(=O)O)cc2)CC2CC2)cc2cc(Cl)ccc21. The molecule has 7 heteroatoms. The van der Waals surface area contributed by atoms with E-state index in [9.17, 15) is 14.4 Å². The van der Waals surface area contributed by atoms with E-state index in [2.05, 4.69) is 5.32 Å². The Morgan fingerprint density at radius 3 is 2.52 bits per heavy atom. The molecule has 4 rings (SSSR count). The number of amides is 1. The smallest absolute Gasteiger partial charge is 0.305 e. The maximum atomic E-state index is 13.6. The predicted molar refractivity (Wildman–Crippen MR) is 128 cm³/mol. The van der Waals surface area contributed by atoms with Gasteiger partial charge in [0.25, 0.3) is 5.91 Å². The number of nitrogens with zero attached hydrogens (tertiary/aromatic N) is 1. The Labute approximate surface area is 197 Å². The molecule has 1 aliphatic carbocycles. The minimum absolute atomic E-state index is 0.0874. The Kier molecular flexibility index (Phi) is 6.84. The summed E-state index contributed by atoms with van der Waals surface area (Å²) in [5.41, 5.74) is 3.14. The highest BCUT2D eigenvalue weighted by atomic mass is 35.5. The monoisotopic (exact) mass is 466 g/mol. The predicted octanol–water partition coefficient (Wildman–Crippen LogP) is 4.88. The first kappa shape index (κ1) is 23.1. The number of aromatic nitrogens is 1. The molecule has 0 aliphatic heterocycles. The second kappa shape index (κ2) is 9.79. The van der Waals surface area contributed by atoms with Gasteiger partial charge in [-0.2, -0.15) is 0 Å². The first-order chi connectivity index (χ1) is 15.8. The standard InChI is InChI=1S/C26H27ClN2O4/c1-29-22-9-8-21(27)14-19(22)15-23(29)25(32)20(12-16-2-3-16)13-17-4-6-18(7-5-17)26(33)28-11-10-24(30)31/h4-9,14-16,20H,2-3,10-13H2,1H3,(H,28,33)(H,30,31). The maximum Gasteiger partial charge on any atom is 0.305 e. The molecule has 0 saturated heterocycles. The number of aryl methyl sites for hydroxylation is 1. The van der Waals surface area contributed by atoms with E-state index < -0.39 is 5.97 Å². The van der Waals surface area contributed by atoms with Gasteiger partial charge >= 0.3 is 5.97 Å². The summed E-state index contributed by atoms with van der Waals surface area (Å²) in [6, 6.07) is 14.8. The molecule has 1 heterocycles. The lowest BCUT2D eigenvalue weighted by Gasteiger charge is -2.17. The van der Waals surface area contributed by atoms with Gasteiger partial charge in [0.1, 0.15) is 0 Å². The van der Waals surface area contributed by atoms with Crippen LogP contribution >= 0.6 is 11.6 Å². The lowest BCUT2D eigenvalue weighted by Crippen LogP contribution is -2.26. The van der Waals surface area contributed by atoms with Crippen LogP contribution < -0.4 is 5.32 Å². The molecule has 1 aromatic heterocycles.